The summed E-state index contributed by atoms with van der Waals surface area (Å²) in [5, 5.41) is 23.7. The average molecular weight is 513 g/mol. The minimum Gasteiger partial charge on any atom is -0.478 e. The number of carbonyl (C=O) groups is 2. The van der Waals surface area contributed by atoms with Crippen LogP contribution in [0.2, 0.25) is 0 Å². The fraction of sp³-hybridized carbons (Fsp3) is 0. The summed E-state index contributed by atoms with van der Waals surface area (Å²) in [6.45, 7) is 0. The predicted molar refractivity (Wildman–Crippen MR) is 145 cm³/mol. The molecule has 178 valence electrons. The lowest BCUT2D eigenvalue weighted by molar-refractivity contribution is -0.131. The van der Waals surface area contributed by atoms with Crippen LogP contribution in [0.4, 0.5) is 0 Å². The molecule has 2 aromatic heterocycles. The molecule has 0 amide bonds. The molecular weight excluding hydrogens is 492 g/mol. The normalized spacial score (nSPS) is 12.4. The van der Waals surface area contributed by atoms with Crippen molar-refractivity contribution in [1.82, 2.24) is 9.97 Å². The first-order chi connectivity index (χ1) is 17.5. The van der Waals surface area contributed by atoms with Crippen molar-refractivity contribution in [3.8, 4) is 10.0 Å². The first-order valence-corrected chi connectivity index (χ1v) is 12.5. The highest BCUT2D eigenvalue weighted by molar-refractivity contribution is 7.19. The van der Waals surface area contributed by atoms with Gasteiger partial charge in [0.25, 0.3) is 0 Å². The molecule has 0 aliphatic carbocycles. The Kier molecular flexibility index (Phi) is 8.12. The first kappa shape index (κ1) is 24.7. The van der Waals surface area contributed by atoms with Crippen LogP contribution >= 0.6 is 22.7 Å². The number of aliphatic carboxylic acids is 2. The zero-order valence-corrected chi connectivity index (χ0v) is 20.4. The SMILES string of the molecule is O=C(O)/C(=C/C=C/c1ccccc1)c1csc(-c2nc(/C(=C\C=C\c3ccccc3)C(=O)O)cs2)n1. The summed E-state index contributed by atoms with van der Waals surface area (Å²) in [5.41, 5.74) is 2.65. The van der Waals surface area contributed by atoms with E-state index in [4.69, 9.17) is 0 Å². The van der Waals surface area contributed by atoms with E-state index in [0.29, 0.717) is 21.4 Å². The van der Waals surface area contributed by atoms with Crippen LogP contribution in [0, 0.1) is 0 Å². The molecule has 0 fully saturated rings. The van der Waals surface area contributed by atoms with Crippen molar-refractivity contribution in [2.75, 3.05) is 0 Å². The van der Waals surface area contributed by atoms with Crippen molar-refractivity contribution in [2.24, 2.45) is 0 Å². The second-order valence-electron chi connectivity index (χ2n) is 7.39. The van der Waals surface area contributed by atoms with E-state index in [1.165, 1.54) is 34.8 Å². The molecule has 0 bridgehead atoms. The molecule has 4 rings (SSSR count). The molecule has 0 saturated carbocycles. The second kappa shape index (κ2) is 11.8. The maximum atomic E-state index is 11.8. The predicted octanol–water partition coefficient (Wildman–Crippen LogP) is 6.63. The van der Waals surface area contributed by atoms with Crippen molar-refractivity contribution < 1.29 is 19.8 Å². The van der Waals surface area contributed by atoms with Crippen LogP contribution in [-0.4, -0.2) is 32.1 Å². The molecule has 4 aromatic rings. The molecule has 36 heavy (non-hydrogen) atoms. The molecular formula is C28H20N2O4S2. The number of carboxylic acid groups (broad SMARTS) is 2. The number of thiazole rings is 2. The van der Waals surface area contributed by atoms with Crippen LogP contribution < -0.4 is 0 Å². The van der Waals surface area contributed by atoms with E-state index in [-0.39, 0.29) is 11.1 Å². The number of benzene rings is 2. The number of allylic oxidation sites excluding steroid dienone is 4. The highest BCUT2D eigenvalue weighted by Gasteiger charge is 2.18. The van der Waals surface area contributed by atoms with Crippen molar-refractivity contribution in [3.05, 3.63) is 118 Å². The van der Waals surface area contributed by atoms with Gasteiger partial charge in [-0.25, -0.2) is 19.6 Å². The van der Waals surface area contributed by atoms with E-state index >= 15 is 0 Å². The lowest BCUT2D eigenvalue weighted by Gasteiger charge is -1.97. The summed E-state index contributed by atoms with van der Waals surface area (Å²) < 4.78 is 0. The zero-order valence-electron chi connectivity index (χ0n) is 18.8. The monoisotopic (exact) mass is 512 g/mol. The number of rotatable bonds is 9. The number of hydrogen-bond acceptors (Lipinski definition) is 6. The minimum absolute atomic E-state index is 0.0543. The maximum Gasteiger partial charge on any atom is 0.337 e. The molecule has 0 aliphatic rings. The molecule has 0 spiro atoms. The summed E-state index contributed by atoms with van der Waals surface area (Å²) in [6.07, 6.45) is 9.99. The second-order valence-corrected chi connectivity index (χ2v) is 9.10. The lowest BCUT2D eigenvalue weighted by Crippen LogP contribution is -2.00. The third-order valence-corrected chi connectivity index (χ3v) is 6.73. The van der Waals surface area contributed by atoms with E-state index in [2.05, 4.69) is 9.97 Å². The molecule has 2 heterocycles. The topological polar surface area (TPSA) is 100 Å². The van der Waals surface area contributed by atoms with E-state index in [0.717, 1.165) is 11.1 Å². The van der Waals surface area contributed by atoms with Crippen LogP contribution in [0.1, 0.15) is 22.5 Å². The lowest BCUT2D eigenvalue weighted by atomic mass is 10.1. The number of aromatic nitrogens is 2. The Morgan fingerprint density at radius 1 is 0.639 bits per heavy atom. The molecule has 2 aromatic carbocycles. The van der Waals surface area contributed by atoms with Crippen molar-refractivity contribution >= 4 is 57.9 Å². The van der Waals surface area contributed by atoms with E-state index in [1.54, 1.807) is 22.9 Å². The van der Waals surface area contributed by atoms with Gasteiger partial charge in [-0.2, -0.15) is 0 Å². The van der Waals surface area contributed by atoms with E-state index in [9.17, 15) is 19.8 Å². The Balaban J connectivity index is 1.55. The largest absolute Gasteiger partial charge is 0.478 e. The summed E-state index contributed by atoms with van der Waals surface area (Å²) in [6, 6.07) is 19.1. The first-order valence-electron chi connectivity index (χ1n) is 10.8. The molecule has 6 nitrogen and oxygen atoms in total. The summed E-state index contributed by atoms with van der Waals surface area (Å²) in [4.78, 5) is 32.6. The third-order valence-electron chi connectivity index (χ3n) is 4.91. The van der Waals surface area contributed by atoms with E-state index < -0.39 is 11.9 Å². The zero-order chi connectivity index (χ0) is 25.3. The maximum absolute atomic E-state index is 11.8. The standard InChI is InChI=1S/C28H20N2O4S2/c31-27(32)21(15-7-13-19-9-3-1-4-10-19)23-17-35-25(29-23)26-30-24(18-36-26)22(28(33)34)16-8-14-20-11-5-2-6-12-20/h1-18H,(H,31,32)(H,33,34)/b13-7+,14-8+,21-15+,22-16+. The Bertz CT molecular complexity index is 1370. The van der Waals surface area contributed by atoms with Gasteiger partial charge in [-0.1, -0.05) is 85.0 Å². The smallest absolute Gasteiger partial charge is 0.337 e. The highest BCUT2D eigenvalue weighted by atomic mass is 32.1. The Hall–Kier alpha value is -4.40. The van der Waals surface area contributed by atoms with Gasteiger partial charge in [-0.05, 0) is 23.3 Å². The molecule has 2 N–H and O–H groups in total. The molecule has 0 radical (unpaired) electrons. The van der Waals surface area contributed by atoms with Gasteiger partial charge in [0, 0.05) is 10.8 Å². The summed E-state index contributed by atoms with van der Waals surface area (Å²) in [7, 11) is 0. The van der Waals surface area contributed by atoms with Crippen LogP contribution in [0.5, 0.6) is 0 Å². The van der Waals surface area contributed by atoms with Crippen LogP contribution in [0.25, 0.3) is 33.3 Å². The van der Waals surface area contributed by atoms with Crippen LogP contribution in [-0.2, 0) is 9.59 Å². The fourth-order valence-corrected chi connectivity index (χ4v) is 4.85. The highest BCUT2D eigenvalue weighted by Crippen LogP contribution is 2.31. The fourth-order valence-electron chi connectivity index (χ4n) is 3.16. The Morgan fingerprint density at radius 2 is 1.03 bits per heavy atom. The third kappa shape index (κ3) is 6.38. The van der Waals surface area contributed by atoms with Crippen molar-refractivity contribution in [3.63, 3.8) is 0 Å². The number of nitrogens with zero attached hydrogens (tertiary/aromatic N) is 2. The molecule has 0 atom stereocenters. The van der Waals surface area contributed by atoms with Gasteiger partial charge in [0.05, 0.1) is 22.5 Å². The Morgan fingerprint density at radius 3 is 1.39 bits per heavy atom. The summed E-state index contributed by atoms with van der Waals surface area (Å²) >= 11 is 2.51. The van der Waals surface area contributed by atoms with Gasteiger partial charge in [-0.15, -0.1) is 22.7 Å². The molecule has 0 aliphatic heterocycles. The van der Waals surface area contributed by atoms with Gasteiger partial charge in [0.15, 0.2) is 10.0 Å². The van der Waals surface area contributed by atoms with Gasteiger partial charge >= 0.3 is 11.9 Å². The van der Waals surface area contributed by atoms with Gasteiger partial charge in [-0.3, -0.25) is 0 Å². The summed E-state index contributed by atoms with van der Waals surface area (Å²) in [5.74, 6) is -2.18. The minimum atomic E-state index is -1.09. The van der Waals surface area contributed by atoms with Gasteiger partial charge < -0.3 is 10.2 Å². The number of hydrogen-bond donors (Lipinski definition) is 2. The van der Waals surface area contributed by atoms with Crippen LogP contribution in [0.15, 0.2) is 95.7 Å². The van der Waals surface area contributed by atoms with Gasteiger partial charge in [0.2, 0.25) is 0 Å². The number of carboxylic acids is 2. The van der Waals surface area contributed by atoms with E-state index in [1.807, 2.05) is 72.8 Å². The molecule has 8 heteroatoms. The van der Waals surface area contributed by atoms with Gasteiger partial charge in [0.1, 0.15) is 0 Å². The van der Waals surface area contributed by atoms with Crippen molar-refractivity contribution in [1.29, 1.82) is 0 Å². The molecule has 0 unspecified atom stereocenters. The quantitative estimate of drug-likeness (QED) is 0.193. The van der Waals surface area contributed by atoms with Crippen LogP contribution in [0.3, 0.4) is 0 Å². The van der Waals surface area contributed by atoms with Crippen molar-refractivity contribution in [2.45, 2.75) is 0 Å². The average Bonchev–Trinajstić information content (AvgIpc) is 3.55. The molecule has 0 saturated heterocycles. The Labute approximate surface area is 215 Å².